The van der Waals surface area contributed by atoms with Crippen LogP contribution in [0.25, 0.3) is 0 Å². The number of unbranched alkanes of at least 4 members (excludes halogenated alkanes) is 1. The van der Waals surface area contributed by atoms with E-state index in [2.05, 4.69) is 42.2 Å². The highest BCUT2D eigenvalue weighted by Crippen LogP contribution is 2.42. The third kappa shape index (κ3) is 4.17. The van der Waals surface area contributed by atoms with Crippen LogP contribution in [0, 0.1) is 5.92 Å². The highest BCUT2D eigenvalue weighted by molar-refractivity contribution is 5.18. The molecule has 2 saturated heterocycles. The molecule has 144 valence electrons. The molecule has 3 aliphatic rings. The zero-order valence-electron chi connectivity index (χ0n) is 16.6. The first kappa shape index (κ1) is 18.5. The molecule has 0 amide bonds. The van der Waals surface area contributed by atoms with Gasteiger partial charge in [-0.2, -0.15) is 0 Å². The lowest BCUT2D eigenvalue weighted by atomic mass is 9.82. The van der Waals surface area contributed by atoms with Crippen molar-refractivity contribution in [1.82, 2.24) is 4.90 Å². The largest absolute Gasteiger partial charge is 0.370 e. The maximum atomic E-state index is 6.92. The monoisotopic (exact) mass is 355 g/mol. The summed E-state index contributed by atoms with van der Waals surface area (Å²) < 4.78 is 6.92. The molecule has 2 bridgehead atoms. The first-order valence-corrected chi connectivity index (χ1v) is 11.3. The van der Waals surface area contributed by atoms with Gasteiger partial charge in [0.1, 0.15) is 0 Å². The minimum atomic E-state index is 0.322. The Morgan fingerprint density at radius 3 is 2.31 bits per heavy atom. The van der Waals surface area contributed by atoms with Crippen LogP contribution < -0.4 is 0 Å². The second-order valence-electron chi connectivity index (χ2n) is 8.94. The lowest BCUT2D eigenvalue weighted by molar-refractivity contribution is -0.0891. The second-order valence-corrected chi connectivity index (χ2v) is 8.94. The number of nitrogens with zero attached hydrogens (tertiary/aromatic N) is 1. The first-order chi connectivity index (χ1) is 12.8. The van der Waals surface area contributed by atoms with Gasteiger partial charge in [0.25, 0.3) is 0 Å². The molecule has 0 spiro atoms. The molecular formula is C24H37NO. The zero-order valence-corrected chi connectivity index (χ0v) is 16.6. The molecule has 0 N–H and O–H groups in total. The molecule has 2 unspecified atom stereocenters. The van der Waals surface area contributed by atoms with E-state index >= 15 is 0 Å². The predicted octanol–water partition coefficient (Wildman–Crippen LogP) is 6.12. The van der Waals surface area contributed by atoms with Crippen LogP contribution >= 0.6 is 0 Å². The maximum Gasteiger partial charge on any atom is 0.0856 e. The van der Waals surface area contributed by atoms with Crippen molar-refractivity contribution < 1.29 is 4.74 Å². The summed E-state index contributed by atoms with van der Waals surface area (Å²) in [4.78, 5) is 2.82. The van der Waals surface area contributed by atoms with Gasteiger partial charge in [-0.1, -0.05) is 62.9 Å². The summed E-state index contributed by atoms with van der Waals surface area (Å²) in [6.07, 6.45) is 15.7. The van der Waals surface area contributed by atoms with Crippen LogP contribution in [0.3, 0.4) is 0 Å². The van der Waals surface area contributed by atoms with E-state index in [9.17, 15) is 0 Å². The molecule has 2 heterocycles. The van der Waals surface area contributed by atoms with E-state index in [0.29, 0.717) is 12.2 Å². The quantitative estimate of drug-likeness (QED) is 0.584. The summed E-state index contributed by atoms with van der Waals surface area (Å²) in [5.74, 6) is 0.724. The smallest absolute Gasteiger partial charge is 0.0856 e. The average molecular weight is 356 g/mol. The second kappa shape index (κ2) is 8.89. The van der Waals surface area contributed by atoms with E-state index in [0.717, 1.165) is 18.0 Å². The van der Waals surface area contributed by atoms with E-state index in [1.165, 1.54) is 82.7 Å². The van der Waals surface area contributed by atoms with Crippen molar-refractivity contribution >= 4 is 0 Å². The average Bonchev–Trinajstić information content (AvgIpc) is 2.93. The van der Waals surface area contributed by atoms with Gasteiger partial charge >= 0.3 is 0 Å². The summed E-state index contributed by atoms with van der Waals surface area (Å²) in [5.41, 5.74) is 1.42. The summed E-state index contributed by atoms with van der Waals surface area (Å²) in [5, 5.41) is 0. The highest BCUT2D eigenvalue weighted by atomic mass is 16.5. The predicted molar refractivity (Wildman–Crippen MR) is 108 cm³/mol. The third-order valence-electron chi connectivity index (χ3n) is 7.16. The van der Waals surface area contributed by atoms with Crippen LogP contribution in [0.5, 0.6) is 0 Å². The number of rotatable bonds is 7. The van der Waals surface area contributed by atoms with Gasteiger partial charge < -0.3 is 4.74 Å². The summed E-state index contributed by atoms with van der Waals surface area (Å²) >= 11 is 0. The zero-order chi connectivity index (χ0) is 17.8. The molecule has 1 aromatic carbocycles. The molecule has 1 aromatic rings. The lowest BCUT2D eigenvalue weighted by Gasteiger charge is -2.41. The van der Waals surface area contributed by atoms with Crippen molar-refractivity contribution in [3.05, 3.63) is 35.9 Å². The number of fused-ring (bicyclic) bond motifs is 2. The van der Waals surface area contributed by atoms with Crippen LogP contribution in [0.15, 0.2) is 30.3 Å². The fraction of sp³-hybridized carbons (Fsp3) is 0.750. The van der Waals surface area contributed by atoms with Crippen molar-refractivity contribution in [3.63, 3.8) is 0 Å². The fourth-order valence-electron chi connectivity index (χ4n) is 5.79. The SMILES string of the molecule is CCCCN1[C@@H]2CC[C@H]1CC(OC(c1ccccc1)C1CCCCC1)C2. The van der Waals surface area contributed by atoms with Crippen molar-refractivity contribution in [3.8, 4) is 0 Å². The number of ether oxygens (including phenoxy) is 1. The van der Waals surface area contributed by atoms with E-state index in [-0.39, 0.29) is 0 Å². The topological polar surface area (TPSA) is 12.5 Å². The molecule has 2 nitrogen and oxygen atoms in total. The highest BCUT2D eigenvalue weighted by Gasteiger charge is 2.42. The van der Waals surface area contributed by atoms with Crippen LogP contribution in [-0.4, -0.2) is 29.6 Å². The fourth-order valence-corrected chi connectivity index (χ4v) is 5.79. The molecule has 0 aromatic heterocycles. The molecule has 0 radical (unpaired) electrons. The Bertz CT molecular complexity index is 524. The molecule has 4 rings (SSSR count). The van der Waals surface area contributed by atoms with E-state index in [1.54, 1.807) is 0 Å². The molecule has 2 heteroatoms. The third-order valence-corrected chi connectivity index (χ3v) is 7.16. The van der Waals surface area contributed by atoms with E-state index < -0.39 is 0 Å². The summed E-state index contributed by atoms with van der Waals surface area (Å²) in [6, 6.07) is 12.7. The van der Waals surface area contributed by atoms with Gasteiger partial charge in [-0.05, 0) is 63.0 Å². The molecule has 3 fully saturated rings. The van der Waals surface area contributed by atoms with Crippen LogP contribution in [0.2, 0.25) is 0 Å². The van der Waals surface area contributed by atoms with Gasteiger partial charge in [-0.3, -0.25) is 4.90 Å². The lowest BCUT2D eigenvalue weighted by Crippen LogP contribution is -2.46. The van der Waals surface area contributed by atoms with Gasteiger partial charge in [0.05, 0.1) is 12.2 Å². The standard InChI is InChI=1S/C24H37NO/c1-2-3-16-25-21-14-15-22(25)18-23(17-21)26-24(19-10-6-4-7-11-19)20-12-8-5-9-13-20/h4,6-7,10-11,20-24H,2-3,5,8-9,12-18H2,1H3/t21-,22+,23?,24?. The van der Waals surface area contributed by atoms with Gasteiger partial charge in [0.15, 0.2) is 0 Å². The van der Waals surface area contributed by atoms with E-state index in [4.69, 9.17) is 4.74 Å². The normalized spacial score (nSPS) is 31.2. The number of piperidine rings is 1. The number of benzene rings is 1. The Morgan fingerprint density at radius 2 is 1.65 bits per heavy atom. The molecule has 4 atom stereocenters. The minimum absolute atomic E-state index is 0.322. The molecular weight excluding hydrogens is 318 g/mol. The van der Waals surface area contributed by atoms with Gasteiger partial charge in [-0.25, -0.2) is 0 Å². The molecule has 1 saturated carbocycles. The minimum Gasteiger partial charge on any atom is -0.370 e. The Kier molecular flexibility index (Phi) is 6.32. The van der Waals surface area contributed by atoms with Crippen molar-refractivity contribution in [2.75, 3.05) is 6.54 Å². The van der Waals surface area contributed by atoms with Crippen molar-refractivity contribution in [1.29, 1.82) is 0 Å². The Hall–Kier alpha value is -0.860. The number of hydrogen-bond acceptors (Lipinski definition) is 2. The van der Waals surface area contributed by atoms with Crippen LogP contribution in [0.1, 0.15) is 89.2 Å². The summed E-state index contributed by atoms with van der Waals surface area (Å²) in [6.45, 7) is 3.62. The molecule has 1 aliphatic carbocycles. The van der Waals surface area contributed by atoms with Gasteiger partial charge in [-0.15, -0.1) is 0 Å². The molecule has 26 heavy (non-hydrogen) atoms. The first-order valence-electron chi connectivity index (χ1n) is 11.3. The van der Waals surface area contributed by atoms with Crippen LogP contribution in [0.4, 0.5) is 0 Å². The van der Waals surface area contributed by atoms with Gasteiger partial charge in [0.2, 0.25) is 0 Å². The number of hydrogen-bond donors (Lipinski definition) is 0. The van der Waals surface area contributed by atoms with Crippen molar-refractivity contribution in [2.45, 2.75) is 102 Å². The van der Waals surface area contributed by atoms with Crippen molar-refractivity contribution in [2.24, 2.45) is 5.92 Å². The molecule has 2 aliphatic heterocycles. The Labute approximate surface area is 160 Å². The van der Waals surface area contributed by atoms with E-state index in [1.807, 2.05) is 0 Å². The Morgan fingerprint density at radius 1 is 0.962 bits per heavy atom. The maximum absolute atomic E-state index is 6.92. The van der Waals surface area contributed by atoms with Gasteiger partial charge in [0, 0.05) is 12.1 Å². The Balaban J connectivity index is 1.43. The summed E-state index contributed by atoms with van der Waals surface area (Å²) in [7, 11) is 0. The van der Waals surface area contributed by atoms with Crippen LogP contribution in [-0.2, 0) is 4.74 Å².